The number of anilines is 1. The van der Waals surface area contributed by atoms with Crippen molar-refractivity contribution < 1.29 is 14.4 Å². The van der Waals surface area contributed by atoms with Crippen LogP contribution in [0.4, 0.5) is 5.69 Å². The first-order valence-corrected chi connectivity index (χ1v) is 9.17. The van der Waals surface area contributed by atoms with Crippen molar-refractivity contribution in [1.29, 1.82) is 0 Å². The Bertz CT molecular complexity index is 635. The van der Waals surface area contributed by atoms with Gasteiger partial charge in [0.15, 0.2) is 0 Å². The maximum Gasteiger partial charge on any atom is 0.255 e. The first-order chi connectivity index (χ1) is 11.5. The molecule has 0 saturated carbocycles. The van der Waals surface area contributed by atoms with Crippen LogP contribution in [0.25, 0.3) is 0 Å². The summed E-state index contributed by atoms with van der Waals surface area (Å²) in [5.41, 5.74) is 1.07. The molecule has 24 heavy (non-hydrogen) atoms. The Morgan fingerprint density at radius 2 is 2.08 bits per heavy atom. The second-order valence-corrected chi connectivity index (χ2v) is 6.63. The molecule has 1 saturated heterocycles. The standard InChI is InChI=1S/C17H23N3O3S/c1-4-15(21)18-13-8-6-7-12(9-13)16(22)20-11-24-10-14(20)17(23)19(3)5-2/h6-9,14H,4-5,10-11H2,1-3H3,(H,18,21). The highest BCUT2D eigenvalue weighted by molar-refractivity contribution is 7.99. The van der Waals surface area contributed by atoms with E-state index in [0.29, 0.717) is 35.8 Å². The van der Waals surface area contributed by atoms with Crippen LogP contribution in [0.5, 0.6) is 0 Å². The topological polar surface area (TPSA) is 69.7 Å². The van der Waals surface area contributed by atoms with E-state index in [1.54, 1.807) is 59.8 Å². The van der Waals surface area contributed by atoms with Gasteiger partial charge in [0.25, 0.3) is 5.91 Å². The van der Waals surface area contributed by atoms with E-state index in [2.05, 4.69) is 5.32 Å². The van der Waals surface area contributed by atoms with Crippen LogP contribution in [0.3, 0.4) is 0 Å². The van der Waals surface area contributed by atoms with E-state index in [1.165, 1.54) is 0 Å². The zero-order valence-corrected chi connectivity index (χ0v) is 15.1. The molecule has 0 bridgehead atoms. The van der Waals surface area contributed by atoms with Crippen LogP contribution in [0.1, 0.15) is 30.6 Å². The largest absolute Gasteiger partial charge is 0.344 e. The number of thioether (sulfide) groups is 1. The Kier molecular flexibility index (Phi) is 6.25. The van der Waals surface area contributed by atoms with Crippen LogP contribution < -0.4 is 5.32 Å². The summed E-state index contributed by atoms with van der Waals surface area (Å²) in [5, 5.41) is 2.75. The number of rotatable bonds is 5. The van der Waals surface area contributed by atoms with Crippen LogP contribution >= 0.6 is 11.8 Å². The average molecular weight is 349 g/mol. The molecule has 1 aliphatic rings. The third kappa shape index (κ3) is 4.08. The highest BCUT2D eigenvalue weighted by Crippen LogP contribution is 2.25. The van der Waals surface area contributed by atoms with Gasteiger partial charge < -0.3 is 15.1 Å². The van der Waals surface area contributed by atoms with E-state index in [9.17, 15) is 14.4 Å². The maximum atomic E-state index is 12.8. The fraction of sp³-hybridized carbons (Fsp3) is 0.471. The molecule has 7 heteroatoms. The first-order valence-electron chi connectivity index (χ1n) is 8.01. The monoisotopic (exact) mass is 349 g/mol. The van der Waals surface area contributed by atoms with Gasteiger partial charge in [-0.3, -0.25) is 14.4 Å². The second-order valence-electron chi connectivity index (χ2n) is 5.63. The van der Waals surface area contributed by atoms with Gasteiger partial charge in [0.2, 0.25) is 11.8 Å². The number of hydrogen-bond donors (Lipinski definition) is 1. The lowest BCUT2D eigenvalue weighted by Gasteiger charge is -2.26. The number of likely N-dealkylation sites (N-methyl/N-ethyl adjacent to an activating group) is 1. The summed E-state index contributed by atoms with van der Waals surface area (Å²) >= 11 is 1.58. The van der Waals surface area contributed by atoms with Gasteiger partial charge in [-0.15, -0.1) is 11.8 Å². The molecule has 0 aromatic heterocycles. The molecule has 1 heterocycles. The lowest BCUT2D eigenvalue weighted by atomic mass is 10.1. The van der Waals surface area contributed by atoms with E-state index in [4.69, 9.17) is 0 Å². The number of carbonyl (C=O) groups is 3. The number of amides is 3. The van der Waals surface area contributed by atoms with Crippen LogP contribution in [-0.4, -0.2) is 58.8 Å². The van der Waals surface area contributed by atoms with Gasteiger partial charge >= 0.3 is 0 Å². The van der Waals surface area contributed by atoms with Gasteiger partial charge in [0, 0.05) is 37.0 Å². The Balaban J connectivity index is 2.17. The number of carbonyl (C=O) groups excluding carboxylic acids is 3. The van der Waals surface area contributed by atoms with Crippen molar-refractivity contribution >= 4 is 35.2 Å². The van der Waals surface area contributed by atoms with Crippen molar-refractivity contribution in [2.45, 2.75) is 26.3 Å². The molecule has 6 nitrogen and oxygen atoms in total. The molecular formula is C17H23N3O3S. The smallest absolute Gasteiger partial charge is 0.255 e. The molecule has 0 radical (unpaired) electrons. The molecule has 1 aromatic carbocycles. The van der Waals surface area contributed by atoms with Crippen LogP contribution in [0.2, 0.25) is 0 Å². The maximum absolute atomic E-state index is 12.8. The Morgan fingerprint density at radius 3 is 2.75 bits per heavy atom. The predicted molar refractivity (Wildman–Crippen MR) is 96.0 cm³/mol. The number of hydrogen-bond acceptors (Lipinski definition) is 4. The van der Waals surface area contributed by atoms with Crippen molar-refractivity contribution in [2.75, 3.05) is 30.5 Å². The molecule has 130 valence electrons. The lowest BCUT2D eigenvalue weighted by molar-refractivity contribution is -0.133. The number of nitrogens with one attached hydrogen (secondary N) is 1. The van der Waals surface area contributed by atoms with Gasteiger partial charge in [-0.2, -0.15) is 0 Å². The van der Waals surface area contributed by atoms with Crippen LogP contribution in [-0.2, 0) is 9.59 Å². The summed E-state index contributed by atoms with van der Waals surface area (Å²) in [6, 6.07) is 6.41. The Hall–Kier alpha value is -2.02. The molecule has 1 unspecified atom stereocenters. The molecule has 1 aromatic rings. The van der Waals surface area contributed by atoms with Crippen molar-refractivity contribution in [2.24, 2.45) is 0 Å². The van der Waals surface area contributed by atoms with E-state index >= 15 is 0 Å². The van der Waals surface area contributed by atoms with E-state index in [1.807, 2.05) is 6.92 Å². The number of benzene rings is 1. The molecule has 3 amide bonds. The van der Waals surface area contributed by atoms with Gasteiger partial charge in [0.05, 0.1) is 5.88 Å². The van der Waals surface area contributed by atoms with Crippen molar-refractivity contribution in [3.8, 4) is 0 Å². The summed E-state index contributed by atoms with van der Waals surface area (Å²) in [7, 11) is 1.74. The average Bonchev–Trinajstić information content (AvgIpc) is 3.09. The third-order valence-corrected chi connectivity index (χ3v) is 5.01. The quantitative estimate of drug-likeness (QED) is 0.883. The number of nitrogens with zero attached hydrogens (tertiary/aromatic N) is 2. The Labute approximate surface area is 146 Å². The minimum atomic E-state index is -0.429. The summed E-state index contributed by atoms with van der Waals surface area (Å²) in [6.45, 7) is 4.29. The highest BCUT2D eigenvalue weighted by Gasteiger charge is 2.36. The third-order valence-electron chi connectivity index (χ3n) is 3.99. The van der Waals surface area contributed by atoms with Gasteiger partial charge in [0.1, 0.15) is 6.04 Å². The van der Waals surface area contributed by atoms with Crippen LogP contribution in [0.15, 0.2) is 24.3 Å². The van der Waals surface area contributed by atoms with E-state index in [0.717, 1.165) is 0 Å². The van der Waals surface area contributed by atoms with Crippen molar-refractivity contribution in [3.05, 3.63) is 29.8 Å². The molecule has 0 spiro atoms. The van der Waals surface area contributed by atoms with E-state index < -0.39 is 6.04 Å². The minimum Gasteiger partial charge on any atom is -0.344 e. The molecule has 0 aliphatic carbocycles. The zero-order valence-electron chi connectivity index (χ0n) is 14.2. The van der Waals surface area contributed by atoms with Crippen LogP contribution in [0, 0.1) is 0 Å². The van der Waals surface area contributed by atoms with Gasteiger partial charge in [-0.25, -0.2) is 0 Å². The summed E-state index contributed by atoms with van der Waals surface area (Å²) in [6.07, 6.45) is 0.376. The molecule has 1 fully saturated rings. The highest BCUT2D eigenvalue weighted by atomic mass is 32.2. The van der Waals surface area contributed by atoms with Crippen molar-refractivity contribution in [1.82, 2.24) is 9.80 Å². The lowest BCUT2D eigenvalue weighted by Crippen LogP contribution is -2.47. The zero-order chi connectivity index (χ0) is 17.7. The minimum absolute atomic E-state index is 0.0358. The molecule has 1 N–H and O–H groups in total. The van der Waals surface area contributed by atoms with Gasteiger partial charge in [-0.05, 0) is 25.1 Å². The summed E-state index contributed by atoms with van der Waals surface area (Å²) in [5.74, 6) is 0.787. The SMILES string of the molecule is CCC(=O)Nc1cccc(C(=O)N2CSCC2C(=O)N(C)CC)c1. The first kappa shape index (κ1) is 18.3. The summed E-state index contributed by atoms with van der Waals surface area (Å²) < 4.78 is 0. The van der Waals surface area contributed by atoms with Crippen molar-refractivity contribution in [3.63, 3.8) is 0 Å². The van der Waals surface area contributed by atoms with Gasteiger partial charge in [-0.1, -0.05) is 13.0 Å². The fourth-order valence-electron chi connectivity index (χ4n) is 2.40. The second kappa shape index (κ2) is 8.19. The van der Waals surface area contributed by atoms with E-state index in [-0.39, 0.29) is 17.7 Å². The fourth-order valence-corrected chi connectivity index (χ4v) is 3.55. The molecule has 1 atom stereocenters. The Morgan fingerprint density at radius 1 is 1.33 bits per heavy atom. The predicted octanol–water partition coefficient (Wildman–Crippen LogP) is 2.03. The molecular weight excluding hydrogens is 326 g/mol. The summed E-state index contributed by atoms with van der Waals surface area (Å²) in [4.78, 5) is 40.0. The normalized spacial score (nSPS) is 16.8. The molecule has 2 rings (SSSR count). The molecule has 1 aliphatic heterocycles.